The lowest BCUT2D eigenvalue weighted by molar-refractivity contribution is -0.143. The molecular formula is C20H23NO2. The summed E-state index contributed by atoms with van der Waals surface area (Å²) in [6, 6.07) is 19.0. The molecule has 120 valence electrons. The highest BCUT2D eigenvalue weighted by Crippen LogP contribution is 2.31. The van der Waals surface area contributed by atoms with E-state index >= 15 is 0 Å². The summed E-state index contributed by atoms with van der Waals surface area (Å²) in [6.45, 7) is 5.04. The molecule has 0 saturated carbocycles. The molecule has 0 fully saturated rings. The van der Waals surface area contributed by atoms with Crippen LogP contribution in [0.1, 0.15) is 36.0 Å². The third-order valence-corrected chi connectivity index (χ3v) is 4.33. The molecule has 0 radical (unpaired) electrons. The van der Waals surface area contributed by atoms with Crippen LogP contribution in [0.25, 0.3) is 0 Å². The first-order valence-electron chi connectivity index (χ1n) is 8.26. The Bertz CT molecular complexity index is 654. The molecule has 1 heterocycles. The average Bonchev–Trinajstić information content (AvgIpc) is 2.56. The van der Waals surface area contributed by atoms with Crippen molar-refractivity contribution in [2.75, 3.05) is 13.2 Å². The van der Waals surface area contributed by atoms with Gasteiger partial charge >= 0.3 is 5.97 Å². The maximum atomic E-state index is 11.9. The summed E-state index contributed by atoms with van der Waals surface area (Å²) in [5.41, 5.74) is 3.93. The Kier molecular flexibility index (Phi) is 5.09. The van der Waals surface area contributed by atoms with E-state index in [1.54, 1.807) is 0 Å². The average molecular weight is 309 g/mol. The van der Waals surface area contributed by atoms with Gasteiger partial charge in [-0.15, -0.1) is 0 Å². The van der Waals surface area contributed by atoms with E-state index in [-0.39, 0.29) is 11.9 Å². The zero-order valence-electron chi connectivity index (χ0n) is 13.6. The van der Waals surface area contributed by atoms with E-state index in [9.17, 15) is 4.79 Å². The Balaban J connectivity index is 1.77. The number of carbonyl (C=O) groups is 1. The Morgan fingerprint density at radius 1 is 1.13 bits per heavy atom. The van der Waals surface area contributed by atoms with E-state index in [2.05, 4.69) is 53.4 Å². The summed E-state index contributed by atoms with van der Waals surface area (Å²) in [6.07, 6.45) is 0.455. The zero-order chi connectivity index (χ0) is 16.1. The van der Waals surface area contributed by atoms with Gasteiger partial charge in [0.05, 0.1) is 13.0 Å². The lowest BCUT2D eigenvalue weighted by atomic mass is 9.87. The molecule has 1 unspecified atom stereocenters. The predicted octanol–water partition coefficient (Wildman–Crippen LogP) is 3.74. The van der Waals surface area contributed by atoms with Gasteiger partial charge in [-0.2, -0.15) is 0 Å². The topological polar surface area (TPSA) is 29.5 Å². The van der Waals surface area contributed by atoms with Gasteiger partial charge in [0.2, 0.25) is 0 Å². The number of rotatable bonds is 5. The number of hydrogen-bond donors (Lipinski definition) is 0. The van der Waals surface area contributed by atoms with Crippen LogP contribution in [0, 0.1) is 0 Å². The standard InChI is InChI=1S/C20H23NO2/c1-2-23-20(22)12-18-15-21(13-16-8-4-3-5-9-16)14-17-10-6-7-11-19(17)18/h3-11,18H,2,12-15H2,1H3. The second kappa shape index (κ2) is 7.42. The maximum Gasteiger partial charge on any atom is 0.306 e. The van der Waals surface area contributed by atoms with E-state index < -0.39 is 0 Å². The number of ether oxygens (including phenoxy) is 1. The second-order valence-corrected chi connectivity index (χ2v) is 6.06. The van der Waals surface area contributed by atoms with Gasteiger partial charge in [0.1, 0.15) is 0 Å². The van der Waals surface area contributed by atoms with Gasteiger partial charge in [-0.1, -0.05) is 54.6 Å². The van der Waals surface area contributed by atoms with E-state index in [4.69, 9.17) is 4.74 Å². The highest BCUT2D eigenvalue weighted by atomic mass is 16.5. The first-order valence-corrected chi connectivity index (χ1v) is 8.26. The number of benzene rings is 2. The molecule has 0 spiro atoms. The van der Waals surface area contributed by atoms with Gasteiger partial charge in [-0.25, -0.2) is 0 Å². The lowest BCUT2D eigenvalue weighted by Crippen LogP contribution is -2.34. The smallest absolute Gasteiger partial charge is 0.306 e. The van der Waals surface area contributed by atoms with Gasteiger partial charge in [0.15, 0.2) is 0 Å². The first kappa shape index (κ1) is 15.8. The van der Waals surface area contributed by atoms with Crippen LogP contribution >= 0.6 is 0 Å². The minimum absolute atomic E-state index is 0.103. The molecule has 23 heavy (non-hydrogen) atoms. The number of nitrogens with zero attached hydrogens (tertiary/aromatic N) is 1. The Morgan fingerprint density at radius 3 is 2.65 bits per heavy atom. The van der Waals surface area contributed by atoms with Crippen molar-refractivity contribution in [3.05, 3.63) is 71.3 Å². The summed E-state index contributed by atoms with van der Waals surface area (Å²) in [5, 5.41) is 0. The Labute approximate surface area is 137 Å². The minimum atomic E-state index is -0.103. The van der Waals surface area contributed by atoms with Crippen LogP contribution in [0.15, 0.2) is 54.6 Å². The third kappa shape index (κ3) is 3.99. The lowest BCUT2D eigenvalue weighted by Gasteiger charge is -2.34. The fourth-order valence-corrected chi connectivity index (χ4v) is 3.35. The predicted molar refractivity (Wildman–Crippen MR) is 91.0 cm³/mol. The van der Waals surface area contributed by atoms with Crippen LogP contribution in [-0.4, -0.2) is 24.0 Å². The van der Waals surface area contributed by atoms with Gasteiger partial charge in [0.25, 0.3) is 0 Å². The van der Waals surface area contributed by atoms with E-state index in [1.165, 1.54) is 16.7 Å². The summed E-state index contributed by atoms with van der Waals surface area (Å²) in [5.74, 6) is 0.108. The molecule has 0 N–H and O–H groups in total. The number of esters is 1. The molecule has 3 rings (SSSR count). The van der Waals surface area contributed by atoms with Crippen molar-refractivity contribution >= 4 is 5.97 Å². The molecule has 2 aromatic rings. The first-order chi connectivity index (χ1) is 11.3. The largest absolute Gasteiger partial charge is 0.466 e. The Hall–Kier alpha value is -2.13. The molecule has 0 amide bonds. The maximum absolute atomic E-state index is 11.9. The molecule has 0 bridgehead atoms. The quantitative estimate of drug-likeness (QED) is 0.788. The van der Waals surface area contributed by atoms with Crippen molar-refractivity contribution in [3.63, 3.8) is 0 Å². The van der Waals surface area contributed by atoms with Crippen molar-refractivity contribution in [2.45, 2.75) is 32.4 Å². The summed E-state index contributed by atoms with van der Waals surface area (Å²) < 4.78 is 5.16. The van der Waals surface area contributed by atoms with Crippen LogP contribution in [0.4, 0.5) is 0 Å². The summed E-state index contributed by atoms with van der Waals surface area (Å²) in [4.78, 5) is 14.4. The molecular weight excluding hydrogens is 286 g/mol. The molecule has 3 heteroatoms. The van der Waals surface area contributed by atoms with E-state index in [0.717, 1.165) is 19.6 Å². The molecule has 1 atom stereocenters. The van der Waals surface area contributed by atoms with Gasteiger partial charge in [0, 0.05) is 25.6 Å². The highest BCUT2D eigenvalue weighted by Gasteiger charge is 2.27. The van der Waals surface area contributed by atoms with Crippen molar-refractivity contribution in [1.82, 2.24) is 4.90 Å². The van der Waals surface area contributed by atoms with E-state index in [1.807, 2.05) is 13.0 Å². The molecule has 0 aliphatic carbocycles. The van der Waals surface area contributed by atoms with Gasteiger partial charge < -0.3 is 4.74 Å². The SMILES string of the molecule is CCOC(=O)CC1CN(Cc2ccccc2)Cc2ccccc21. The third-order valence-electron chi connectivity index (χ3n) is 4.33. The van der Waals surface area contributed by atoms with Gasteiger partial charge in [-0.05, 0) is 23.6 Å². The molecule has 0 saturated heterocycles. The van der Waals surface area contributed by atoms with Crippen molar-refractivity contribution in [3.8, 4) is 0 Å². The van der Waals surface area contributed by atoms with E-state index in [0.29, 0.717) is 13.0 Å². The van der Waals surface area contributed by atoms with Crippen LogP contribution in [-0.2, 0) is 22.6 Å². The fourth-order valence-electron chi connectivity index (χ4n) is 3.35. The van der Waals surface area contributed by atoms with Crippen LogP contribution in [0.3, 0.4) is 0 Å². The Morgan fingerprint density at radius 2 is 1.87 bits per heavy atom. The number of fused-ring (bicyclic) bond motifs is 1. The normalized spacial score (nSPS) is 17.5. The number of carbonyl (C=O) groups excluding carboxylic acids is 1. The highest BCUT2D eigenvalue weighted by molar-refractivity contribution is 5.70. The second-order valence-electron chi connectivity index (χ2n) is 6.06. The van der Waals surface area contributed by atoms with Crippen molar-refractivity contribution in [2.24, 2.45) is 0 Å². The van der Waals surface area contributed by atoms with Gasteiger partial charge in [-0.3, -0.25) is 9.69 Å². The number of hydrogen-bond acceptors (Lipinski definition) is 3. The summed E-state index contributed by atoms with van der Waals surface area (Å²) in [7, 11) is 0. The molecule has 1 aliphatic heterocycles. The fraction of sp³-hybridized carbons (Fsp3) is 0.350. The van der Waals surface area contributed by atoms with Crippen LogP contribution in [0.5, 0.6) is 0 Å². The molecule has 1 aliphatic rings. The van der Waals surface area contributed by atoms with Crippen LogP contribution in [0.2, 0.25) is 0 Å². The zero-order valence-corrected chi connectivity index (χ0v) is 13.6. The van der Waals surface area contributed by atoms with Crippen molar-refractivity contribution in [1.29, 1.82) is 0 Å². The monoisotopic (exact) mass is 309 g/mol. The summed E-state index contributed by atoms with van der Waals surface area (Å²) >= 11 is 0. The molecule has 3 nitrogen and oxygen atoms in total. The minimum Gasteiger partial charge on any atom is -0.466 e. The molecule has 0 aromatic heterocycles. The van der Waals surface area contributed by atoms with Crippen LogP contribution < -0.4 is 0 Å². The molecule has 2 aromatic carbocycles. The van der Waals surface area contributed by atoms with Crippen molar-refractivity contribution < 1.29 is 9.53 Å².